The molecule has 8 heteroatoms. The molecule has 0 spiro atoms. The summed E-state index contributed by atoms with van der Waals surface area (Å²) in [4.78, 5) is 18.3. The van der Waals surface area contributed by atoms with Crippen LogP contribution in [0.2, 0.25) is 0 Å². The lowest BCUT2D eigenvalue weighted by atomic mass is 10.0. The molecule has 26 heavy (non-hydrogen) atoms. The van der Waals surface area contributed by atoms with E-state index in [4.69, 9.17) is 0 Å². The van der Waals surface area contributed by atoms with Gasteiger partial charge < -0.3 is 10.2 Å². The van der Waals surface area contributed by atoms with Gasteiger partial charge in [-0.25, -0.2) is 13.4 Å². The maximum Gasteiger partial charge on any atom is 0.220 e. The van der Waals surface area contributed by atoms with Gasteiger partial charge in [0, 0.05) is 45.3 Å². The summed E-state index contributed by atoms with van der Waals surface area (Å²) in [7, 11) is -3.34. The Morgan fingerprint density at radius 2 is 1.88 bits per heavy atom. The number of amides is 1. The highest BCUT2D eigenvalue weighted by atomic mass is 32.2. The summed E-state index contributed by atoms with van der Waals surface area (Å²) in [6.45, 7) is 2.35. The average molecular weight is 381 g/mol. The molecule has 144 valence electrons. The van der Waals surface area contributed by atoms with Gasteiger partial charge in [-0.2, -0.15) is 4.31 Å². The van der Waals surface area contributed by atoms with Crippen molar-refractivity contribution in [1.29, 1.82) is 0 Å². The number of carbonyl (C=O) groups excluding carboxylic acids is 1. The van der Waals surface area contributed by atoms with Crippen LogP contribution in [0.4, 0.5) is 5.82 Å². The van der Waals surface area contributed by atoms with E-state index in [1.807, 2.05) is 18.2 Å². The normalized spacial score (nSPS) is 19.6. The van der Waals surface area contributed by atoms with E-state index in [-0.39, 0.29) is 18.2 Å². The predicted molar refractivity (Wildman–Crippen MR) is 101 cm³/mol. The number of sulfonamides is 1. The Kier molecular flexibility index (Phi) is 6.48. The van der Waals surface area contributed by atoms with E-state index >= 15 is 0 Å². The van der Waals surface area contributed by atoms with Crippen LogP contribution in [0, 0.1) is 5.92 Å². The highest BCUT2D eigenvalue weighted by Gasteiger charge is 2.27. The number of rotatable bonds is 7. The molecule has 0 bridgehead atoms. The van der Waals surface area contributed by atoms with Gasteiger partial charge in [-0.3, -0.25) is 4.79 Å². The first-order valence-corrected chi connectivity index (χ1v) is 11.1. The molecule has 1 aliphatic carbocycles. The Bertz CT molecular complexity index is 682. The number of nitrogens with one attached hydrogen (secondary N) is 1. The molecule has 1 aliphatic heterocycles. The van der Waals surface area contributed by atoms with Gasteiger partial charge in [-0.1, -0.05) is 18.9 Å². The van der Waals surface area contributed by atoms with E-state index in [0.29, 0.717) is 38.5 Å². The van der Waals surface area contributed by atoms with Crippen LogP contribution in [0.3, 0.4) is 0 Å². The maximum atomic E-state index is 12.5. The predicted octanol–water partition coefficient (Wildman–Crippen LogP) is 1.23. The first-order valence-electron chi connectivity index (χ1n) is 9.45. The van der Waals surface area contributed by atoms with Gasteiger partial charge in [-0.15, -0.1) is 0 Å². The second kappa shape index (κ2) is 8.81. The fraction of sp³-hybridized carbons (Fsp3) is 0.667. The van der Waals surface area contributed by atoms with E-state index in [0.717, 1.165) is 18.7 Å². The molecule has 0 unspecified atom stereocenters. The molecule has 1 saturated heterocycles. The van der Waals surface area contributed by atoms with E-state index in [1.54, 1.807) is 6.20 Å². The minimum Gasteiger partial charge on any atom is -0.355 e. The molecule has 2 aliphatic rings. The van der Waals surface area contributed by atoms with Crippen LogP contribution >= 0.6 is 0 Å². The standard InChI is InChI=1S/C18H28N4O3S/c23-18(15-16-5-1-2-6-16)20-9-14-26(24,25)22-12-10-21(11-13-22)17-7-3-4-8-19-17/h3-4,7-8,16H,1-2,5-6,9-15H2,(H,20,23). The van der Waals surface area contributed by atoms with E-state index in [1.165, 1.54) is 17.1 Å². The molecule has 0 radical (unpaired) electrons. The number of pyridine rings is 1. The Hall–Kier alpha value is -1.67. The zero-order valence-corrected chi connectivity index (χ0v) is 16.0. The van der Waals surface area contributed by atoms with Gasteiger partial charge in [0.15, 0.2) is 0 Å². The number of piperazine rings is 1. The summed E-state index contributed by atoms with van der Waals surface area (Å²) in [6.07, 6.45) is 6.92. The van der Waals surface area contributed by atoms with Crippen molar-refractivity contribution >= 4 is 21.7 Å². The largest absolute Gasteiger partial charge is 0.355 e. The Morgan fingerprint density at radius 1 is 1.15 bits per heavy atom. The topological polar surface area (TPSA) is 82.6 Å². The van der Waals surface area contributed by atoms with Gasteiger partial charge in [0.2, 0.25) is 15.9 Å². The third-order valence-corrected chi connectivity index (χ3v) is 7.11. The van der Waals surface area contributed by atoms with Crippen molar-refractivity contribution in [2.45, 2.75) is 32.1 Å². The third kappa shape index (κ3) is 5.17. The van der Waals surface area contributed by atoms with Crippen LogP contribution in [-0.4, -0.2) is 62.1 Å². The molecule has 0 atom stereocenters. The summed E-state index contributed by atoms with van der Waals surface area (Å²) in [5.74, 6) is 1.30. The number of aromatic nitrogens is 1. The molecule has 2 fully saturated rings. The maximum absolute atomic E-state index is 12.5. The quantitative estimate of drug-likeness (QED) is 0.769. The van der Waals surface area contributed by atoms with Crippen LogP contribution < -0.4 is 10.2 Å². The molecule has 1 amide bonds. The number of hydrogen-bond donors (Lipinski definition) is 1. The first kappa shape index (κ1) is 19.1. The lowest BCUT2D eigenvalue weighted by Gasteiger charge is -2.34. The van der Waals surface area contributed by atoms with Crippen molar-refractivity contribution in [3.05, 3.63) is 24.4 Å². The molecule has 7 nitrogen and oxygen atoms in total. The second-order valence-corrected chi connectivity index (χ2v) is 9.18. The van der Waals surface area contributed by atoms with Crippen LogP contribution in [0.5, 0.6) is 0 Å². The van der Waals surface area contributed by atoms with Gasteiger partial charge in [0.1, 0.15) is 5.82 Å². The minimum absolute atomic E-state index is 0.0212. The first-order chi connectivity index (χ1) is 12.5. The van der Waals surface area contributed by atoms with Crippen molar-refractivity contribution in [2.75, 3.05) is 43.4 Å². The van der Waals surface area contributed by atoms with Crippen molar-refractivity contribution < 1.29 is 13.2 Å². The van der Waals surface area contributed by atoms with Crippen LogP contribution in [0.15, 0.2) is 24.4 Å². The molecule has 1 saturated carbocycles. The molecule has 0 aromatic carbocycles. The highest BCUT2D eigenvalue weighted by molar-refractivity contribution is 7.89. The van der Waals surface area contributed by atoms with E-state index in [9.17, 15) is 13.2 Å². The van der Waals surface area contributed by atoms with E-state index < -0.39 is 10.0 Å². The molecule has 1 aromatic rings. The van der Waals surface area contributed by atoms with Crippen LogP contribution in [0.1, 0.15) is 32.1 Å². The number of carbonyl (C=O) groups is 1. The summed E-state index contributed by atoms with van der Waals surface area (Å²) < 4.78 is 26.5. The Morgan fingerprint density at radius 3 is 2.54 bits per heavy atom. The zero-order valence-electron chi connectivity index (χ0n) is 15.1. The number of anilines is 1. The molecule has 3 rings (SSSR count). The Balaban J connectivity index is 1.40. The lowest BCUT2D eigenvalue weighted by molar-refractivity contribution is -0.121. The van der Waals surface area contributed by atoms with Crippen LogP contribution in [-0.2, 0) is 14.8 Å². The molecule has 1 aromatic heterocycles. The summed E-state index contributed by atoms with van der Waals surface area (Å²) in [6, 6.07) is 5.73. The molecular weight excluding hydrogens is 352 g/mol. The average Bonchev–Trinajstić information content (AvgIpc) is 3.15. The highest BCUT2D eigenvalue weighted by Crippen LogP contribution is 2.27. The van der Waals surface area contributed by atoms with Gasteiger partial charge in [0.05, 0.1) is 5.75 Å². The lowest BCUT2D eigenvalue weighted by Crippen LogP contribution is -2.50. The fourth-order valence-electron chi connectivity index (χ4n) is 3.73. The zero-order chi connectivity index (χ0) is 18.4. The minimum atomic E-state index is -3.34. The summed E-state index contributed by atoms with van der Waals surface area (Å²) in [5, 5.41) is 2.77. The summed E-state index contributed by atoms with van der Waals surface area (Å²) >= 11 is 0. The van der Waals surface area contributed by atoms with E-state index in [2.05, 4.69) is 15.2 Å². The van der Waals surface area contributed by atoms with Gasteiger partial charge in [0.25, 0.3) is 0 Å². The van der Waals surface area contributed by atoms with Crippen molar-refractivity contribution in [3.8, 4) is 0 Å². The molecule has 1 N–H and O–H groups in total. The fourth-order valence-corrected chi connectivity index (χ4v) is 5.07. The molecular formula is C18H28N4O3S. The number of hydrogen-bond acceptors (Lipinski definition) is 5. The van der Waals surface area contributed by atoms with Crippen molar-refractivity contribution in [2.24, 2.45) is 5.92 Å². The van der Waals surface area contributed by atoms with Crippen molar-refractivity contribution in [3.63, 3.8) is 0 Å². The third-order valence-electron chi connectivity index (χ3n) is 5.24. The monoisotopic (exact) mass is 380 g/mol. The van der Waals surface area contributed by atoms with Gasteiger partial charge in [-0.05, 0) is 30.9 Å². The molecule has 2 heterocycles. The smallest absolute Gasteiger partial charge is 0.220 e. The SMILES string of the molecule is O=C(CC1CCCC1)NCCS(=O)(=O)N1CCN(c2ccccn2)CC1. The second-order valence-electron chi connectivity index (χ2n) is 7.09. The Labute approximate surface area is 155 Å². The summed E-state index contributed by atoms with van der Waals surface area (Å²) in [5.41, 5.74) is 0. The van der Waals surface area contributed by atoms with Gasteiger partial charge >= 0.3 is 0 Å². The van der Waals surface area contributed by atoms with Crippen molar-refractivity contribution in [1.82, 2.24) is 14.6 Å². The van der Waals surface area contributed by atoms with Crippen LogP contribution in [0.25, 0.3) is 0 Å². The number of nitrogens with zero attached hydrogens (tertiary/aromatic N) is 3.